The summed E-state index contributed by atoms with van der Waals surface area (Å²) in [6.45, 7) is 0. The van der Waals surface area contributed by atoms with Crippen LogP contribution in [0.5, 0.6) is 0 Å². The molecule has 3 aromatic rings. The Kier molecular flexibility index (Phi) is 4.88. The number of nitro groups is 1. The molecule has 0 spiro atoms. The number of benzene rings is 3. The van der Waals surface area contributed by atoms with Crippen molar-refractivity contribution in [3.8, 4) is 0 Å². The highest BCUT2D eigenvalue weighted by Crippen LogP contribution is 2.30. The third kappa shape index (κ3) is 3.35. The van der Waals surface area contributed by atoms with Gasteiger partial charge in [0.15, 0.2) is 0 Å². The van der Waals surface area contributed by atoms with Crippen LogP contribution >= 0.6 is 15.9 Å². The molecule has 0 radical (unpaired) electrons. The molecule has 4 rings (SSSR count). The lowest BCUT2D eigenvalue weighted by molar-refractivity contribution is -0.384. The Morgan fingerprint density at radius 3 is 2.20 bits per heavy atom. The van der Waals surface area contributed by atoms with E-state index >= 15 is 0 Å². The smallest absolute Gasteiger partial charge is 0.270 e. The maximum Gasteiger partial charge on any atom is 0.270 e. The molecule has 3 aromatic carbocycles. The number of non-ortho nitro benzene ring substituents is 1. The number of nitrogens with one attached hydrogen (secondary N) is 1. The molecule has 30 heavy (non-hydrogen) atoms. The second-order valence-electron chi connectivity index (χ2n) is 6.42. The number of hydrogen-bond acceptors (Lipinski definition) is 5. The summed E-state index contributed by atoms with van der Waals surface area (Å²) >= 11 is 3.20. The normalized spacial score (nSPS) is 12.6. The van der Waals surface area contributed by atoms with Crippen LogP contribution in [0.1, 0.15) is 31.1 Å². The van der Waals surface area contributed by atoms with Crippen molar-refractivity contribution in [2.75, 3.05) is 10.2 Å². The number of imide groups is 1. The highest BCUT2D eigenvalue weighted by atomic mass is 79.9. The molecule has 148 valence electrons. The van der Waals surface area contributed by atoms with Crippen LogP contribution in [0.25, 0.3) is 0 Å². The van der Waals surface area contributed by atoms with Gasteiger partial charge in [-0.1, -0.05) is 18.2 Å². The standard InChI is InChI=1S/C21H12BrN3O5/c22-17-11-14(25(29)30)8-9-18(17)23-19(26)12-4-3-5-13(10-12)24-20(27)15-6-1-2-7-16(15)21(24)28/h1-11H,(H,23,26). The molecular formula is C21H12BrN3O5. The molecule has 0 saturated heterocycles. The minimum atomic E-state index is -0.540. The Morgan fingerprint density at radius 1 is 0.933 bits per heavy atom. The Balaban J connectivity index is 1.60. The molecule has 0 atom stereocenters. The van der Waals surface area contributed by atoms with Crippen molar-refractivity contribution in [2.45, 2.75) is 0 Å². The van der Waals surface area contributed by atoms with Gasteiger partial charge in [-0.25, -0.2) is 4.90 Å². The number of halogens is 1. The fraction of sp³-hybridized carbons (Fsp3) is 0. The van der Waals surface area contributed by atoms with Gasteiger partial charge in [-0.05, 0) is 52.3 Å². The molecule has 0 aliphatic carbocycles. The van der Waals surface area contributed by atoms with Crippen molar-refractivity contribution in [2.24, 2.45) is 0 Å². The van der Waals surface area contributed by atoms with E-state index in [4.69, 9.17) is 0 Å². The molecule has 1 N–H and O–H groups in total. The van der Waals surface area contributed by atoms with E-state index in [1.807, 2.05) is 0 Å². The van der Waals surface area contributed by atoms with Gasteiger partial charge in [0, 0.05) is 22.2 Å². The van der Waals surface area contributed by atoms with E-state index in [0.29, 0.717) is 21.3 Å². The monoisotopic (exact) mass is 465 g/mol. The first-order valence-electron chi connectivity index (χ1n) is 8.70. The van der Waals surface area contributed by atoms with Crippen LogP contribution in [0, 0.1) is 10.1 Å². The number of anilines is 2. The molecule has 8 nitrogen and oxygen atoms in total. The van der Waals surface area contributed by atoms with Crippen molar-refractivity contribution < 1.29 is 19.3 Å². The van der Waals surface area contributed by atoms with E-state index < -0.39 is 22.6 Å². The van der Waals surface area contributed by atoms with Gasteiger partial charge in [-0.15, -0.1) is 0 Å². The van der Waals surface area contributed by atoms with Gasteiger partial charge in [0.2, 0.25) is 0 Å². The van der Waals surface area contributed by atoms with E-state index in [9.17, 15) is 24.5 Å². The van der Waals surface area contributed by atoms with Crippen molar-refractivity contribution in [1.29, 1.82) is 0 Å². The van der Waals surface area contributed by atoms with Gasteiger partial charge < -0.3 is 5.32 Å². The quantitative estimate of drug-likeness (QED) is 0.348. The predicted octanol–water partition coefficient (Wildman–Crippen LogP) is 4.41. The molecule has 9 heteroatoms. The van der Waals surface area contributed by atoms with Gasteiger partial charge in [-0.3, -0.25) is 24.5 Å². The lowest BCUT2D eigenvalue weighted by Crippen LogP contribution is -2.29. The number of carbonyl (C=O) groups excluding carboxylic acids is 3. The van der Waals surface area contributed by atoms with Crippen LogP contribution in [0.2, 0.25) is 0 Å². The first-order chi connectivity index (χ1) is 14.4. The molecular weight excluding hydrogens is 454 g/mol. The van der Waals surface area contributed by atoms with Crippen molar-refractivity contribution in [1.82, 2.24) is 0 Å². The summed E-state index contributed by atoms with van der Waals surface area (Å²) in [5, 5.41) is 13.5. The van der Waals surface area contributed by atoms with Gasteiger partial charge in [0.05, 0.1) is 27.4 Å². The van der Waals surface area contributed by atoms with Crippen LogP contribution in [0.3, 0.4) is 0 Å². The Hall–Kier alpha value is -3.85. The molecule has 0 aromatic heterocycles. The summed E-state index contributed by atoms with van der Waals surface area (Å²) in [4.78, 5) is 49.3. The minimum absolute atomic E-state index is 0.118. The third-order valence-electron chi connectivity index (χ3n) is 4.57. The number of amides is 3. The number of hydrogen-bond donors (Lipinski definition) is 1. The maximum absolute atomic E-state index is 12.7. The molecule has 1 heterocycles. The molecule has 0 unspecified atom stereocenters. The fourth-order valence-electron chi connectivity index (χ4n) is 3.12. The number of fused-ring (bicyclic) bond motifs is 1. The van der Waals surface area contributed by atoms with Gasteiger partial charge in [0.1, 0.15) is 0 Å². The highest BCUT2D eigenvalue weighted by Gasteiger charge is 2.36. The Labute approximate surface area is 178 Å². The van der Waals surface area contributed by atoms with Crippen LogP contribution < -0.4 is 10.2 Å². The maximum atomic E-state index is 12.7. The zero-order valence-corrected chi connectivity index (χ0v) is 16.8. The van der Waals surface area contributed by atoms with Crippen LogP contribution in [0.15, 0.2) is 71.2 Å². The minimum Gasteiger partial charge on any atom is -0.321 e. The Morgan fingerprint density at radius 2 is 1.60 bits per heavy atom. The number of nitrogens with zero attached hydrogens (tertiary/aromatic N) is 2. The van der Waals surface area contributed by atoms with E-state index in [2.05, 4.69) is 21.2 Å². The number of nitro benzene ring substituents is 1. The summed E-state index contributed by atoms with van der Waals surface area (Å²) in [6.07, 6.45) is 0. The summed E-state index contributed by atoms with van der Waals surface area (Å²) in [5.41, 5.74) is 1.34. The van der Waals surface area contributed by atoms with Crippen molar-refractivity contribution in [3.05, 3.63) is 98.0 Å². The molecule has 3 amide bonds. The summed E-state index contributed by atoms with van der Waals surface area (Å²) in [7, 11) is 0. The van der Waals surface area contributed by atoms with Crippen LogP contribution in [-0.4, -0.2) is 22.6 Å². The molecule has 0 bridgehead atoms. The van der Waals surface area contributed by atoms with E-state index in [0.717, 1.165) is 4.90 Å². The van der Waals surface area contributed by atoms with Gasteiger partial charge in [0.25, 0.3) is 23.4 Å². The second kappa shape index (κ2) is 7.53. The van der Waals surface area contributed by atoms with E-state index in [1.165, 1.54) is 30.3 Å². The molecule has 1 aliphatic heterocycles. The molecule has 0 saturated carbocycles. The van der Waals surface area contributed by atoms with Gasteiger partial charge >= 0.3 is 0 Å². The van der Waals surface area contributed by atoms with Crippen LogP contribution in [0.4, 0.5) is 17.1 Å². The van der Waals surface area contributed by atoms with Crippen molar-refractivity contribution >= 4 is 50.7 Å². The fourth-order valence-corrected chi connectivity index (χ4v) is 3.59. The van der Waals surface area contributed by atoms with Crippen molar-refractivity contribution in [3.63, 3.8) is 0 Å². The lowest BCUT2D eigenvalue weighted by Gasteiger charge is -2.15. The third-order valence-corrected chi connectivity index (χ3v) is 5.23. The number of carbonyl (C=O) groups is 3. The summed E-state index contributed by atoms with van der Waals surface area (Å²) in [6, 6.07) is 16.6. The average molecular weight is 466 g/mol. The second-order valence-corrected chi connectivity index (χ2v) is 7.27. The Bertz CT molecular complexity index is 1210. The average Bonchev–Trinajstić information content (AvgIpc) is 3.00. The zero-order chi connectivity index (χ0) is 21.4. The van der Waals surface area contributed by atoms with E-state index in [-0.39, 0.29) is 16.9 Å². The first kappa shape index (κ1) is 19.5. The SMILES string of the molecule is O=C(Nc1ccc([N+](=O)[O-])cc1Br)c1cccc(N2C(=O)c3ccccc3C2=O)c1. The first-order valence-corrected chi connectivity index (χ1v) is 9.49. The largest absolute Gasteiger partial charge is 0.321 e. The highest BCUT2D eigenvalue weighted by molar-refractivity contribution is 9.10. The zero-order valence-electron chi connectivity index (χ0n) is 15.2. The predicted molar refractivity (Wildman–Crippen MR) is 113 cm³/mol. The lowest BCUT2D eigenvalue weighted by atomic mass is 10.1. The summed E-state index contributed by atoms with van der Waals surface area (Å²) in [5.74, 6) is -1.40. The van der Waals surface area contributed by atoms with Crippen LogP contribution in [-0.2, 0) is 0 Å². The molecule has 1 aliphatic rings. The number of rotatable bonds is 4. The van der Waals surface area contributed by atoms with E-state index in [1.54, 1.807) is 36.4 Å². The molecule has 0 fully saturated rings. The topological polar surface area (TPSA) is 110 Å². The summed E-state index contributed by atoms with van der Waals surface area (Å²) < 4.78 is 0.349. The van der Waals surface area contributed by atoms with Gasteiger partial charge in [-0.2, -0.15) is 0 Å².